The van der Waals surface area contributed by atoms with Gasteiger partial charge in [0.05, 0.1) is 64.1 Å². The lowest BCUT2D eigenvalue weighted by atomic mass is 10.1. The van der Waals surface area contributed by atoms with Crippen LogP contribution in [0.3, 0.4) is 0 Å². The maximum atomic E-state index is 13.2. The van der Waals surface area contributed by atoms with Crippen molar-refractivity contribution < 1.29 is 9.47 Å². The van der Waals surface area contributed by atoms with Crippen molar-refractivity contribution in [1.82, 2.24) is 69.4 Å². The van der Waals surface area contributed by atoms with Crippen LogP contribution in [0.2, 0.25) is 5.02 Å². The monoisotopic (exact) mass is 999 g/mol. The number of hydrogen-bond acceptors (Lipinski definition) is 13. The number of halogens is 2. The van der Waals surface area contributed by atoms with Crippen LogP contribution in [0.4, 0.5) is 5.69 Å². The van der Waals surface area contributed by atoms with Gasteiger partial charge in [0.2, 0.25) is 0 Å². The summed E-state index contributed by atoms with van der Waals surface area (Å²) in [6.45, 7) is 11.4. The van der Waals surface area contributed by atoms with E-state index in [9.17, 15) is 9.59 Å². The Labute approximate surface area is 414 Å². The van der Waals surface area contributed by atoms with Crippen LogP contribution in [-0.2, 0) is 13.1 Å². The Balaban J connectivity index is 0.000000212. The zero-order valence-electron chi connectivity index (χ0n) is 38.0. The smallest absolute Gasteiger partial charge is 0.261 e. The number of H-pyrrole nitrogens is 4. The second-order valence-electron chi connectivity index (χ2n) is 15.0. The van der Waals surface area contributed by atoms with Gasteiger partial charge in [-0.15, -0.1) is 12.4 Å². The van der Waals surface area contributed by atoms with Gasteiger partial charge in [0.25, 0.3) is 11.1 Å². The first-order valence-electron chi connectivity index (χ1n) is 20.8. The molecule has 356 valence electrons. The molecule has 0 saturated heterocycles. The van der Waals surface area contributed by atoms with Crippen molar-refractivity contribution >= 4 is 101 Å². The Bertz CT molecular complexity index is 3390. The molecule has 19 nitrogen and oxygen atoms in total. The lowest BCUT2D eigenvalue weighted by Crippen LogP contribution is -2.17. The van der Waals surface area contributed by atoms with Gasteiger partial charge in [-0.25, -0.2) is 29.9 Å². The summed E-state index contributed by atoms with van der Waals surface area (Å²) in [5, 5.41) is 12.8. The summed E-state index contributed by atoms with van der Waals surface area (Å²) in [5.74, 6) is 4.20. The van der Waals surface area contributed by atoms with E-state index in [-0.39, 0.29) is 67.1 Å². The molecule has 0 fully saturated rings. The molecule has 0 aliphatic carbocycles. The molecule has 23 heteroatoms. The zero-order valence-corrected chi connectivity index (χ0v) is 41.6. The Morgan fingerprint density at radius 3 is 1.57 bits per heavy atom. The van der Waals surface area contributed by atoms with Crippen molar-refractivity contribution in [3.8, 4) is 34.3 Å². The molecule has 0 saturated carbocycles. The number of nitrogens with zero attached hydrogens (tertiary/aromatic N) is 10. The molecule has 8 heterocycles. The number of aryl methyl sites for hydroxylation is 2. The lowest BCUT2D eigenvalue weighted by molar-refractivity contribution is 0.415. The standard InChI is InChI=1S/C22H22N8O2.C16H14ClN5O2.C7H10N2.ClH.2H2S/c1-4-30-11-16-18(29-30)19(25-12(2)20-23-8-5-9-24-20)17(22(31)28-16)21-26-14-7-6-13(32-3)10-15(14)27-21;1-3-22-7-11-14(21-22)13(17)12(16(23)20-11)15-18-9-5-4-8(24-2)6-10(9)19-15;1-6(2)7-8-4-3-5-9-7;;;/h5-12,25H,4H2,1-3H3,(H,26,27)(H,28,31);4-7H,3H2,1-2H3,(H,18,19)(H,20,23);3-6H,1-2H3;1H;2*1H2/t12-;;;;;/m0...../s1. The molecule has 10 rings (SSSR count). The average molecular weight is 1000 g/mol. The van der Waals surface area contributed by atoms with E-state index < -0.39 is 0 Å². The number of benzene rings is 2. The van der Waals surface area contributed by atoms with E-state index in [1.807, 2.05) is 69.4 Å². The van der Waals surface area contributed by atoms with Gasteiger partial charge in [0.1, 0.15) is 57.0 Å². The van der Waals surface area contributed by atoms with Crippen LogP contribution >= 0.6 is 51.0 Å². The van der Waals surface area contributed by atoms with Crippen LogP contribution in [0.1, 0.15) is 58.2 Å². The van der Waals surface area contributed by atoms with Crippen molar-refractivity contribution in [1.29, 1.82) is 0 Å². The molecule has 0 aliphatic heterocycles. The molecule has 0 spiro atoms. The topological polar surface area (TPSA) is 241 Å². The molecule has 0 unspecified atom stereocenters. The number of aromatic amines is 4. The predicted molar refractivity (Wildman–Crippen MR) is 279 cm³/mol. The first-order valence-corrected chi connectivity index (χ1v) is 21.2. The Morgan fingerprint density at radius 2 is 1.10 bits per heavy atom. The minimum atomic E-state index is -0.311. The van der Waals surface area contributed by atoms with Gasteiger partial charge in [0.15, 0.2) is 0 Å². The molecule has 8 aromatic heterocycles. The van der Waals surface area contributed by atoms with Gasteiger partial charge < -0.3 is 34.7 Å². The van der Waals surface area contributed by atoms with Gasteiger partial charge in [-0.1, -0.05) is 25.4 Å². The van der Waals surface area contributed by atoms with Crippen LogP contribution in [-0.4, -0.2) is 83.6 Å². The van der Waals surface area contributed by atoms with E-state index in [0.717, 1.165) is 27.9 Å². The van der Waals surface area contributed by atoms with E-state index in [1.54, 1.807) is 60.6 Å². The third kappa shape index (κ3) is 10.9. The van der Waals surface area contributed by atoms with Gasteiger partial charge in [0, 0.05) is 68.3 Å². The fourth-order valence-corrected chi connectivity index (χ4v) is 7.30. The molecule has 10 aromatic rings. The number of hydrogen-bond donors (Lipinski definition) is 5. The summed E-state index contributed by atoms with van der Waals surface area (Å²) >= 11 is 6.46. The highest BCUT2D eigenvalue weighted by Crippen LogP contribution is 2.34. The van der Waals surface area contributed by atoms with Crippen LogP contribution in [0, 0.1) is 0 Å². The summed E-state index contributed by atoms with van der Waals surface area (Å²) in [5.41, 5.74) is 6.05. The molecule has 68 heavy (non-hydrogen) atoms. The fraction of sp³-hybridized carbons (Fsp3) is 0.244. The normalized spacial score (nSPS) is 11.2. The van der Waals surface area contributed by atoms with Gasteiger partial charge in [-0.2, -0.15) is 37.2 Å². The van der Waals surface area contributed by atoms with Gasteiger partial charge >= 0.3 is 0 Å². The lowest BCUT2D eigenvalue weighted by Gasteiger charge is -2.16. The molecule has 5 N–H and O–H groups in total. The Hall–Kier alpha value is -6.94. The van der Waals surface area contributed by atoms with Crippen molar-refractivity contribution in [2.24, 2.45) is 0 Å². The van der Waals surface area contributed by atoms with Crippen LogP contribution in [0.15, 0.2) is 95.3 Å². The third-order valence-corrected chi connectivity index (χ3v) is 10.7. The molecule has 1 atom stereocenters. The van der Waals surface area contributed by atoms with Crippen molar-refractivity contribution in [2.75, 3.05) is 19.5 Å². The second-order valence-corrected chi connectivity index (χ2v) is 15.4. The number of imidazole rings is 2. The van der Waals surface area contributed by atoms with Gasteiger partial charge in [-0.3, -0.25) is 19.0 Å². The molecule has 0 amide bonds. The molecule has 0 bridgehead atoms. The predicted octanol–water partition coefficient (Wildman–Crippen LogP) is 8.46. The molecular weight excluding hydrogens is 950 g/mol. The van der Waals surface area contributed by atoms with E-state index >= 15 is 0 Å². The molecule has 0 aliphatic rings. The summed E-state index contributed by atoms with van der Waals surface area (Å²) in [4.78, 5) is 63.8. The summed E-state index contributed by atoms with van der Waals surface area (Å²) < 4.78 is 14.0. The summed E-state index contributed by atoms with van der Waals surface area (Å²) in [6.07, 6.45) is 10.5. The third-order valence-electron chi connectivity index (χ3n) is 10.3. The maximum Gasteiger partial charge on any atom is 0.261 e. The molecule has 2 aromatic carbocycles. The minimum Gasteiger partial charge on any atom is -0.497 e. The van der Waals surface area contributed by atoms with Crippen molar-refractivity contribution in [2.45, 2.75) is 59.7 Å². The number of anilines is 1. The largest absolute Gasteiger partial charge is 0.497 e. The number of methoxy groups -OCH3 is 2. The minimum absolute atomic E-state index is 0. The first-order chi connectivity index (χ1) is 31.5. The number of nitrogens with one attached hydrogen (secondary N) is 5. The number of ether oxygens (including phenoxy) is 2. The highest BCUT2D eigenvalue weighted by atomic mass is 35.5. The number of rotatable bonds is 10. The van der Waals surface area contributed by atoms with Crippen LogP contribution < -0.4 is 25.9 Å². The Morgan fingerprint density at radius 1 is 0.647 bits per heavy atom. The maximum absolute atomic E-state index is 13.2. The zero-order chi connectivity index (χ0) is 45.8. The number of fused-ring (bicyclic) bond motifs is 4. The number of aromatic nitrogens is 14. The van der Waals surface area contributed by atoms with E-state index in [0.29, 0.717) is 81.3 Å². The summed E-state index contributed by atoms with van der Waals surface area (Å²) in [6, 6.07) is 14.3. The SMILES string of the molecule is CC(C)c1ncccn1.CCn1cc2[nH]c(=O)c(-c3nc4ccc(OC)cc4[nH]3)c(Cl)c2n1.CCn1cc2[nH]c(=O)c(-c3nc4ccc(OC)cc4[nH]3)c(N[C@@H](C)c3ncccn3)c2n1.Cl.S.S. The van der Waals surface area contributed by atoms with Crippen LogP contribution in [0.25, 0.3) is 66.9 Å². The second kappa shape index (κ2) is 22.7. The Kier molecular flexibility index (Phi) is 17.4. The van der Waals surface area contributed by atoms with Crippen molar-refractivity contribution in [3.63, 3.8) is 0 Å². The highest BCUT2D eigenvalue weighted by Gasteiger charge is 2.23. The van der Waals surface area contributed by atoms with E-state index in [2.05, 4.69) is 79.2 Å². The summed E-state index contributed by atoms with van der Waals surface area (Å²) in [7, 11) is 3.20. The quantitative estimate of drug-likeness (QED) is 0.0865. The molecule has 0 radical (unpaired) electrons. The first kappa shape index (κ1) is 52.0. The van der Waals surface area contributed by atoms with Crippen molar-refractivity contribution in [3.05, 3.63) is 123 Å². The fourth-order valence-electron chi connectivity index (χ4n) is 6.99. The van der Waals surface area contributed by atoms with E-state index in [4.69, 9.17) is 21.1 Å². The van der Waals surface area contributed by atoms with E-state index in [1.165, 1.54) is 0 Å². The molecular formula is C45H51Cl2N15O4S2. The van der Waals surface area contributed by atoms with Crippen LogP contribution in [0.5, 0.6) is 11.5 Å². The average Bonchev–Trinajstić information content (AvgIpc) is 4.14. The van der Waals surface area contributed by atoms with Gasteiger partial charge in [-0.05, 0) is 57.2 Å². The number of pyridine rings is 2. The highest BCUT2D eigenvalue weighted by molar-refractivity contribution is 7.59.